The molecule has 4 saturated heterocycles. The van der Waals surface area contributed by atoms with E-state index in [1.54, 1.807) is 36.4 Å². The summed E-state index contributed by atoms with van der Waals surface area (Å²) in [6.07, 6.45) is 14.9. The zero-order chi connectivity index (χ0) is 89.0. The number of aryl methyl sites for hydroxylation is 6. The summed E-state index contributed by atoms with van der Waals surface area (Å²) in [5, 5.41) is 7.17. The number of nitrogens with zero attached hydrogens (tertiary/aromatic N) is 6. The number of benzene rings is 8. The molecule has 8 aromatic carbocycles. The molecule has 19 rings (SSSR count). The van der Waals surface area contributed by atoms with Gasteiger partial charge in [0.2, 0.25) is 5.71 Å². The summed E-state index contributed by atoms with van der Waals surface area (Å²) >= 11 is 0. The van der Waals surface area contributed by atoms with Crippen LogP contribution in [-0.2, 0) is 5.41 Å². The highest BCUT2D eigenvalue weighted by Gasteiger charge is 2.56. The van der Waals surface area contributed by atoms with Gasteiger partial charge < -0.3 is 37.8 Å². The van der Waals surface area contributed by atoms with Crippen LogP contribution in [0.2, 0.25) is 0 Å². The topological polar surface area (TPSA) is 68.5 Å². The van der Waals surface area contributed by atoms with E-state index in [0.717, 1.165) is 62.1 Å². The van der Waals surface area contributed by atoms with Gasteiger partial charge in [-0.1, -0.05) is 207 Å². The number of pyridine rings is 1. The normalized spacial score (nSPS) is 25.2. The summed E-state index contributed by atoms with van der Waals surface area (Å²) in [5.74, 6) is 0. The molecule has 12 aromatic rings. The first kappa shape index (κ1) is 71.6. The molecule has 2 spiro atoms. The maximum absolute atomic E-state index is 8.69. The van der Waals surface area contributed by atoms with E-state index in [1.807, 2.05) is 32.0 Å². The lowest BCUT2D eigenvalue weighted by molar-refractivity contribution is 0.170. The molecule has 115 heavy (non-hydrogen) atoms. The number of hydrogen-bond donors (Lipinski definition) is 0. The summed E-state index contributed by atoms with van der Waals surface area (Å²) in [6.45, 7) is 44.8. The standard InChI is InChI=1S/C25H31NO.C22H28N2O.C22H27NO.C21H25N.C16H25N/c1-17-12-13-20-19-10-6-7-11-21(19)27-23(20)22(17)26-18(2)25(16-24(26,3)4)14-8-5-9-15-25;1-13-8-10-16-17-11-9-14(2)23-20(17)25-19(16)18(13)24-15(3)21(4,5)12-22(24,6)7;1-14-11-12-17-16-9-7-8-10-18(16)24-20(17)19(14)23-15(2)21(3,4)13-22(23,5)6;1-16-10-4-6-12-19(16)22-17(2)21(14-8-3-9-15-21)18-11-5-7-13-20(18)22;1-12-9-7-8-10-14(12)17-13(2)15(3,4)11-16(17,5)6/h6-7,10-13,18H,5,8-9,14-16H2,1-4H3;8-11,15H,12H2,1-7H3;7-12,15H,13H2,1-6H3;4-7,10-13,17H,3,8-9,14-15H2,1-2H3;7-10,13H,11H2,1-6H3/t18-;2*15-;17-;13-/m00000/s1/i;;;;3D3,4D3,11D2. The molecule has 0 unspecified atom stereocenters. The summed E-state index contributed by atoms with van der Waals surface area (Å²) in [6, 6.07) is 60.5. The van der Waals surface area contributed by atoms with Crippen LogP contribution in [0, 0.1) is 63.2 Å². The second-order valence-corrected chi connectivity index (χ2v) is 39.8. The minimum Gasteiger partial charge on any atom is -0.454 e. The third-order valence-electron chi connectivity index (χ3n) is 29.2. The van der Waals surface area contributed by atoms with Crippen molar-refractivity contribution in [3.63, 3.8) is 0 Å². The molecule has 2 saturated carbocycles. The largest absolute Gasteiger partial charge is 0.454 e. The minimum absolute atomic E-state index is 0.0876. The molecule has 0 bridgehead atoms. The van der Waals surface area contributed by atoms with E-state index in [-0.39, 0.29) is 27.4 Å². The highest BCUT2D eigenvalue weighted by atomic mass is 16.3. The van der Waals surface area contributed by atoms with Crippen molar-refractivity contribution in [1.82, 2.24) is 4.98 Å². The van der Waals surface area contributed by atoms with Crippen LogP contribution in [0.25, 0.3) is 65.9 Å². The molecule has 0 N–H and O–H groups in total. The van der Waals surface area contributed by atoms with Crippen molar-refractivity contribution in [2.75, 3.05) is 24.5 Å². The minimum atomic E-state index is -3.00. The highest BCUT2D eigenvalue weighted by molar-refractivity contribution is 6.12. The summed E-state index contributed by atoms with van der Waals surface area (Å²) in [5.41, 5.74) is 19.6. The first-order valence-electron chi connectivity index (χ1n) is 47.3. The molecule has 6 fully saturated rings. The van der Waals surface area contributed by atoms with E-state index < -0.39 is 37.1 Å². The molecule has 9 nitrogen and oxygen atoms in total. The van der Waals surface area contributed by atoms with Crippen molar-refractivity contribution < 1.29 is 24.2 Å². The third-order valence-corrected chi connectivity index (χ3v) is 29.2. The van der Waals surface area contributed by atoms with Gasteiger partial charge in [0.05, 0.1) is 17.1 Å². The molecule has 0 radical (unpaired) electrons. The average Bonchev–Trinajstić information content (AvgIpc) is 1.50. The zero-order valence-corrected chi connectivity index (χ0v) is 73.7. The van der Waals surface area contributed by atoms with E-state index in [1.165, 1.54) is 156 Å². The Labute approximate surface area is 701 Å². The number of aromatic nitrogens is 1. The molecule has 9 heteroatoms. The molecule has 4 aromatic heterocycles. The molecule has 0 amide bonds. The summed E-state index contributed by atoms with van der Waals surface area (Å²) in [4.78, 5) is 16.8. The van der Waals surface area contributed by atoms with Crippen molar-refractivity contribution in [3.05, 3.63) is 209 Å². The van der Waals surface area contributed by atoms with Gasteiger partial charge in [-0.2, -0.15) is 0 Å². The zero-order valence-electron chi connectivity index (χ0n) is 81.7. The van der Waals surface area contributed by atoms with Gasteiger partial charge >= 0.3 is 0 Å². The lowest BCUT2D eigenvalue weighted by atomic mass is 9.67. The Hall–Kier alpha value is -8.69. The summed E-state index contributed by atoms with van der Waals surface area (Å²) in [7, 11) is 0. The first-order chi connectivity index (χ1) is 57.6. The fourth-order valence-corrected chi connectivity index (χ4v) is 23.7. The Bertz CT molecular complexity index is 5930. The number of hydrogen-bond acceptors (Lipinski definition) is 9. The fourth-order valence-electron chi connectivity index (χ4n) is 23.7. The van der Waals surface area contributed by atoms with Crippen LogP contribution in [0.5, 0.6) is 0 Å². The van der Waals surface area contributed by atoms with Crippen LogP contribution >= 0.6 is 0 Å². The lowest BCUT2D eigenvalue weighted by Gasteiger charge is -2.41. The third kappa shape index (κ3) is 14.1. The summed E-state index contributed by atoms with van der Waals surface area (Å²) < 4.78 is 84.5. The maximum Gasteiger partial charge on any atom is 0.227 e. The van der Waals surface area contributed by atoms with E-state index in [4.69, 9.17) is 24.2 Å². The lowest BCUT2D eigenvalue weighted by Crippen LogP contribution is -2.44. The van der Waals surface area contributed by atoms with Crippen LogP contribution < -0.4 is 24.5 Å². The van der Waals surface area contributed by atoms with Crippen LogP contribution in [0.4, 0.5) is 34.1 Å². The number of furan rings is 3. The second kappa shape index (κ2) is 29.7. The molecule has 608 valence electrons. The van der Waals surface area contributed by atoms with E-state index in [0.29, 0.717) is 40.7 Å². The quantitative estimate of drug-likeness (QED) is 0.168. The van der Waals surface area contributed by atoms with Crippen LogP contribution in [0.1, 0.15) is 271 Å². The van der Waals surface area contributed by atoms with Gasteiger partial charge in [0.15, 0.2) is 16.7 Å². The predicted molar refractivity (Wildman–Crippen MR) is 492 cm³/mol. The van der Waals surface area contributed by atoms with Crippen molar-refractivity contribution in [2.45, 2.75) is 321 Å². The Balaban J connectivity index is 0.000000119. The highest BCUT2D eigenvalue weighted by Crippen LogP contribution is 2.60. The Kier molecular flexibility index (Phi) is 18.5. The van der Waals surface area contributed by atoms with Crippen molar-refractivity contribution in [2.24, 2.45) is 21.7 Å². The second-order valence-electron chi connectivity index (χ2n) is 39.8. The number of para-hydroxylation sites is 5. The molecule has 5 atom stereocenters. The van der Waals surface area contributed by atoms with Gasteiger partial charge in [-0.25, -0.2) is 4.98 Å². The van der Waals surface area contributed by atoms with Crippen molar-refractivity contribution in [3.8, 4) is 0 Å². The van der Waals surface area contributed by atoms with Gasteiger partial charge in [0.1, 0.15) is 11.2 Å². The van der Waals surface area contributed by atoms with Crippen molar-refractivity contribution in [1.29, 1.82) is 0 Å². The monoisotopic (exact) mass is 1550 g/mol. The number of rotatable bonds is 5. The Morgan fingerprint density at radius 3 is 1.22 bits per heavy atom. The molecule has 2 aliphatic carbocycles. The van der Waals surface area contributed by atoms with Gasteiger partial charge in [-0.05, 0) is 280 Å². The van der Waals surface area contributed by atoms with Gasteiger partial charge in [0.25, 0.3) is 0 Å². The Morgan fingerprint density at radius 1 is 0.348 bits per heavy atom. The van der Waals surface area contributed by atoms with Crippen LogP contribution in [0.15, 0.2) is 183 Å². The molecular weight excluding hydrogens is 1410 g/mol. The van der Waals surface area contributed by atoms with E-state index in [2.05, 4.69) is 289 Å². The predicted octanol–water partition coefficient (Wildman–Crippen LogP) is 29.7. The molecular formula is C106H136N6O3. The average molecular weight is 1550 g/mol. The molecule has 5 aliphatic heterocycles. The fraction of sp³-hybridized carbons (Fsp3) is 0.500. The van der Waals surface area contributed by atoms with Crippen molar-refractivity contribution >= 4 is 100 Å². The number of fused-ring (bicyclic) bond motifs is 11. The van der Waals surface area contributed by atoms with Gasteiger partial charge in [0, 0.05) is 124 Å². The van der Waals surface area contributed by atoms with Crippen LogP contribution in [-0.4, -0.2) is 57.3 Å². The van der Waals surface area contributed by atoms with Gasteiger partial charge in [-0.15, -0.1) is 0 Å². The molecule has 7 aliphatic rings. The molecule has 9 heterocycles. The Morgan fingerprint density at radius 2 is 0.748 bits per heavy atom. The smallest absolute Gasteiger partial charge is 0.227 e. The maximum atomic E-state index is 8.69. The van der Waals surface area contributed by atoms with E-state index >= 15 is 0 Å². The SMILES string of the molecule is Cc1ccc2c(n1)oc1c(N3[C@@H](C)C(C)(C)CC3(C)C)c(C)ccc12.Cc1ccc2c(oc3ccccc32)c1N1[C@@H](C)C(C)(C)CC1(C)C.Cc1ccc2c(oc3ccccc32)c1N1[C@@H](C)C2(CCCCC2)CC1(C)C.Cc1ccccc1N1c2ccccc2C2(CCCCC2)[C@@H]1C.[2H]C([2H])([2H])C1(C([2H])([2H])[2H])[C@H](C)N(c2ccccc2C)C(C)(C)C1([2H])[2H]. The van der Waals surface area contributed by atoms with Crippen LogP contribution in [0.3, 0.4) is 0 Å². The first-order valence-corrected chi connectivity index (χ1v) is 43.3. The van der Waals surface area contributed by atoms with Gasteiger partial charge in [-0.3, -0.25) is 0 Å². The number of anilines is 6. The van der Waals surface area contributed by atoms with E-state index in [9.17, 15) is 0 Å².